The van der Waals surface area contributed by atoms with Crippen molar-refractivity contribution in [1.82, 2.24) is 5.32 Å². The maximum Gasteiger partial charge on any atom is 0.270 e. The summed E-state index contributed by atoms with van der Waals surface area (Å²) < 4.78 is 7.76. The molecule has 1 N–H and O–H groups in total. The lowest BCUT2D eigenvalue weighted by atomic mass is 10.0. The topological polar surface area (TPSA) is 58.6 Å². The summed E-state index contributed by atoms with van der Waals surface area (Å²) in [6.45, 7) is 2.39. The van der Waals surface area contributed by atoms with Crippen molar-refractivity contribution >= 4 is 72.8 Å². The van der Waals surface area contributed by atoms with Gasteiger partial charge in [-0.2, -0.15) is 0 Å². The van der Waals surface area contributed by atoms with E-state index >= 15 is 0 Å². The Morgan fingerprint density at radius 2 is 1.71 bits per heavy atom. The summed E-state index contributed by atoms with van der Waals surface area (Å²) in [5.41, 5.74) is 3.32. The number of nitrogens with one attached hydrogen (secondary N) is 1. The fraction of sp³-hybridized carbons (Fsp3) is 0.115. The smallest absolute Gasteiger partial charge is 0.270 e. The lowest BCUT2D eigenvalue weighted by Crippen LogP contribution is -2.54. The Kier molecular flexibility index (Phi) is 7.60. The molecule has 3 aromatic carbocycles. The third-order valence-electron chi connectivity index (χ3n) is 5.23. The number of para-hydroxylation sites is 1. The Morgan fingerprint density at radius 3 is 2.41 bits per heavy atom. The maximum absolute atomic E-state index is 13.3. The molecule has 172 valence electrons. The molecule has 0 aromatic heterocycles. The molecule has 0 aliphatic carbocycles. The molecule has 0 radical (unpaired) electrons. The van der Waals surface area contributed by atoms with E-state index < -0.39 is 11.8 Å². The monoisotopic (exact) mass is 598 g/mol. The summed E-state index contributed by atoms with van der Waals surface area (Å²) in [6.07, 6.45) is 2.20. The molecule has 0 unspecified atom stereocenters. The highest BCUT2D eigenvalue weighted by Crippen LogP contribution is 2.34. The molecule has 4 rings (SSSR count). The van der Waals surface area contributed by atoms with Crippen molar-refractivity contribution in [3.05, 3.63) is 97.9 Å². The molecular formula is C26H20Br2N2O3S. The van der Waals surface area contributed by atoms with Crippen molar-refractivity contribution in [2.24, 2.45) is 0 Å². The summed E-state index contributed by atoms with van der Waals surface area (Å²) in [5.74, 6) is -0.335. The Labute approximate surface area is 220 Å². The van der Waals surface area contributed by atoms with E-state index in [1.54, 1.807) is 30.3 Å². The average molecular weight is 600 g/mol. The molecule has 1 aliphatic rings. The number of ether oxygens (including phenoxy) is 1. The highest BCUT2D eigenvalue weighted by molar-refractivity contribution is 9.10. The molecule has 1 heterocycles. The van der Waals surface area contributed by atoms with E-state index in [0.717, 1.165) is 20.1 Å². The van der Waals surface area contributed by atoms with Crippen LogP contribution in [0.2, 0.25) is 0 Å². The van der Waals surface area contributed by atoms with E-state index in [1.807, 2.05) is 49.4 Å². The Bertz CT molecular complexity index is 1310. The first-order valence-electron chi connectivity index (χ1n) is 10.5. The second-order valence-electron chi connectivity index (χ2n) is 7.47. The molecule has 0 spiro atoms. The summed E-state index contributed by atoms with van der Waals surface area (Å²) >= 11 is 12.5. The van der Waals surface area contributed by atoms with Crippen molar-refractivity contribution in [2.45, 2.75) is 13.3 Å². The summed E-state index contributed by atoms with van der Waals surface area (Å²) in [6, 6.07) is 20.7. The van der Waals surface area contributed by atoms with Crippen LogP contribution in [0.3, 0.4) is 0 Å². The van der Waals surface area contributed by atoms with Crippen LogP contribution >= 0.6 is 44.1 Å². The molecule has 0 saturated carbocycles. The van der Waals surface area contributed by atoms with Crippen LogP contribution in [0.15, 0.2) is 81.2 Å². The van der Waals surface area contributed by atoms with Gasteiger partial charge in [0, 0.05) is 20.9 Å². The van der Waals surface area contributed by atoms with Crippen molar-refractivity contribution in [3.8, 4) is 5.75 Å². The van der Waals surface area contributed by atoms with Gasteiger partial charge < -0.3 is 4.74 Å². The number of benzene rings is 3. The lowest BCUT2D eigenvalue weighted by Gasteiger charge is -2.28. The van der Waals surface area contributed by atoms with Gasteiger partial charge in [0.05, 0.1) is 12.3 Å². The zero-order valence-corrected chi connectivity index (χ0v) is 22.2. The number of anilines is 1. The number of halogens is 2. The molecule has 2 amide bonds. The van der Waals surface area contributed by atoms with Crippen molar-refractivity contribution in [1.29, 1.82) is 0 Å². The van der Waals surface area contributed by atoms with E-state index in [9.17, 15) is 9.59 Å². The van der Waals surface area contributed by atoms with Gasteiger partial charge in [-0.3, -0.25) is 19.8 Å². The number of hydrogen-bond donors (Lipinski definition) is 1. The summed E-state index contributed by atoms with van der Waals surface area (Å²) in [7, 11) is 0. The van der Waals surface area contributed by atoms with Crippen LogP contribution in [0.4, 0.5) is 5.69 Å². The number of amides is 2. The molecule has 3 aromatic rings. The number of thiocarbonyl (C=S) groups is 1. The highest BCUT2D eigenvalue weighted by atomic mass is 79.9. The lowest BCUT2D eigenvalue weighted by molar-refractivity contribution is -0.122. The SMILES string of the molecule is CCOc1cc(/C=C2/C(=O)NC(=S)N(c3ccccc3)C2=O)cc(Br)c1Cc1ccccc1Br. The van der Waals surface area contributed by atoms with Gasteiger partial charge in [-0.1, -0.05) is 68.3 Å². The number of nitrogens with zero attached hydrogens (tertiary/aromatic N) is 1. The van der Waals surface area contributed by atoms with Gasteiger partial charge in [-0.15, -0.1) is 0 Å². The van der Waals surface area contributed by atoms with Gasteiger partial charge >= 0.3 is 0 Å². The Balaban J connectivity index is 1.73. The van der Waals surface area contributed by atoms with Crippen LogP contribution in [0.25, 0.3) is 6.08 Å². The predicted octanol–water partition coefficient (Wildman–Crippen LogP) is 6.03. The minimum atomic E-state index is -0.534. The normalized spacial score (nSPS) is 15.0. The Morgan fingerprint density at radius 1 is 1.00 bits per heavy atom. The molecule has 0 atom stereocenters. The predicted molar refractivity (Wildman–Crippen MR) is 145 cm³/mol. The number of carbonyl (C=O) groups is 2. The first-order valence-corrected chi connectivity index (χ1v) is 12.5. The van der Waals surface area contributed by atoms with E-state index in [4.69, 9.17) is 17.0 Å². The third kappa shape index (κ3) is 5.14. The van der Waals surface area contributed by atoms with Crippen molar-refractivity contribution in [3.63, 3.8) is 0 Å². The fourth-order valence-corrected chi connectivity index (χ4v) is 4.94. The average Bonchev–Trinajstić information content (AvgIpc) is 2.81. The van der Waals surface area contributed by atoms with Gasteiger partial charge in [-0.25, -0.2) is 0 Å². The second-order valence-corrected chi connectivity index (χ2v) is 9.57. The molecule has 1 saturated heterocycles. The molecular weight excluding hydrogens is 580 g/mol. The molecule has 0 bridgehead atoms. The fourth-order valence-electron chi connectivity index (χ4n) is 3.64. The minimum absolute atomic E-state index is 0.00893. The largest absolute Gasteiger partial charge is 0.494 e. The third-order valence-corrected chi connectivity index (χ3v) is 6.99. The van der Waals surface area contributed by atoms with Crippen LogP contribution in [0.5, 0.6) is 5.75 Å². The van der Waals surface area contributed by atoms with Crippen LogP contribution in [0, 0.1) is 0 Å². The number of hydrogen-bond acceptors (Lipinski definition) is 4. The first-order chi connectivity index (χ1) is 16.4. The van der Waals surface area contributed by atoms with E-state index in [2.05, 4.69) is 37.2 Å². The second kappa shape index (κ2) is 10.6. The van der Waals surface area contributed by atoms with Gasteiger partial charge in [0.15, 0.2) is 5.11 Å². The van der Waals surface area contributed by atoms with E-state index in [0.29, 0.717) is 30.0 Å². The van der Waals surface area contributed by atoms with Crippen LogP contribution in [-0.4, -0.2) is 23.5 Å². The zero-order valence-electron chi connectivity index (χ0n) is 18.2. The molecule has 5 nitrogen and oxygen atoms in total. The van der Waals surface area contributed by atoms with Crippen LogP contribution < -0.4 is 15.0 Å². The van der Waals surface area contributed by atoms with E-state index in [-0.39, 0.29) is 10.7 Å². The molecule has 34 heavy (non-hydrogen) atoms. The quantitative estimate of drug-likeness (QED) is 0.213. The standard InChI is InChI=1S/C26H20Br2N2O3S/c1-2-33-23-14-16(13-22(28)19(23)15-17-8-6-7-11-21(17)27)12-20-24(31)29-26(34)30(25(20)32)18-9-4-3-5-10-18/h3-14H,2,15H2,1H3,(H,29,31,34)/b20-12-. The summed E-state index contributed by atoms with van der Waals surface area (Å²) in [4.78, 5) is 27.3. The Hall–Kier alpha value is -2.81. The zero-order chi connectivity index (χ0) is 24.2. The maximum atomic E-state index is 13.3. The number of rotatable bonds is 6. The molecule has 1 fully saturated rings. The van der Waals surface area contributed by atoms with Crippen LogP contribution in [-0.2, 0) is 16.0 Å². The van der Waals surface area contributed by atoms with Crippen molar-refractivity contribution < 1.29 is 14.3 Å². The summed E-state index contributed by atoms with van der Waals surface area (Å²) in [5, 5.41) is 2.67. The molecule has 1 aliphatic heterocycles. The van der Waals surface area contributed by atoms with Gasteiger partial charge in [0.2, 0.25) is 0 Å². The first kappa shape index (κ1) is 24.3. The van der Waals surface area contributed by atoms with Crippen molar-refractivity contribution in [2.75, 3.05) is 11.5 Å². The highest BCUT2D eigenvalue weighted by Gasteiger charge is 2.34. The van der Waals surface area contributed by atoms with E-state index in [1.165, 1.54) is 4.90 Å². The van der Waals surface area contributed by atoms with Crippen LogP contribution in [0.1, 0.15) is 23.6 Å². The number of carbonyl (C=O) groups excluding carboxylic acids is 2. The molecule has 8 heteroatoms. The minimum Gasteiger partial charge on any atom is -0.494 e. The van der Waals surface area contributed by atoms with Gasteiger partial charge in [0.25, 0.3) is 11.8 Å². The van der Waals surface area contributed by atoms with Gasteiger partial charge in [0.1, 0.15) is 11.3 Å². The van der Waals surface area contributed by atoms with Gasteiger partial charge in [-0.05, 0) is 66.7 Å².